The number of hydrogen-bond donors (Lipinski definition) is 0. The van der Waals surface area contributed by atoms with Gasteiger partial charge in [-0.15, -0.1) is 0 Å². The van der Waals surface area contributed by atoms with Crippen LogP contribution in [-0.2, 0) is 20.9 Å². The molecule has 0 saturated heterocycles. The molecule has 3 aromatic rings. The molecule has 0 radical (unpaired) electrons. The van der Waals surface area contributed by atoms with Crippen LogP contribution in [0.3, 0.4) is 0 Å². The van der Waals surface area contributed by atoms with E-state index in [1.165, 1.54) is 30.8 Å². The maximum Gasteiger partial charge on any atom is 0.325 e. The second kappa shape index (κ2) is 8.99. The van der Waals surface area contributed by atoms with Crippen molar-refractivity contribution in [2.45, 2.75) is 18.9 Å². The maximum absolute atomic E-state index is 13.6. The van der Waals surface area contributed by atoms with E-state index in [1.54, 1.807) is 30.3 Å². The number of amides is 1. The maximum atomic E-state index is 13.6. The van der Waals surface area contributed by atoms with Crippen molar-refractivity contribution in [3.63, 3.8) is 0 Å². The number of esters is 1. The number of para-hydroxylation sites is 1. The van der Waals surface area contributed by atoms with E-state index in [0.717, 1.165) is 11.3 Å². The van der Waals surface area contributed by atoms with Gasteiger partial charge in [-0.1, -0.05) is 29.5 Å². The number of anilines is 2. The Morgan fingerprint density at radius 2 is 1.83 bits per heavy atom. The van der Waals surface area contributed by atoms with Crippen LogP contribution in [0.15, 0.2) is 41.2 Å². The van der Waals surface area contributed by atoms with Crippen molar-refractivity contribution >= 4 is 34.7 Å². The fourth-order valence-corrected chi connectivity index (χ4v) is 5.54. The molecule has 2 aromatic carbocycles. The first-order valence-corrected chi connectivity index (χ1v) is 11.5. The van der Waals surface area contributed by atoms with Crippen LogP contribution < -0.4 is 28.7 Å². The number of benzene rings is 2. The molecule has 0 aliphatic carbocycles. The summed E-state index contributed by atoms with van der Waals surface area (Å²) in [4.78, 5) is 40.6. The molecule has 3 heterocycles. The molecule has 1 atom stereocenters. The number of carbonyl (C=O) groups is 2. The third-order valence-corrected chi connectivity index (χ3v) is 7.05. The van der Waals surface area contributed by atoms with E-state index in [-0.39, 0.29) is 30.5 Å². The molecular formula is C24H22N2O8S. The number of methoxy groups -OCH3 is 3. The Morgan fingerprint density at radius 1 is 1.09 bits per heavy atom. The summed E-state index contributed by atoms with van der Waals surface area (Å²) >= 11 is 0.976. The molecule has 0 spiro atoms. The molecule has 2 aliphatic heterocycles. The minimum Gasteiger partial charge on any atom is -0.492 e. The fraction of sp³-hybridized carbons (Fsp3) is 0.292. The smallest absolute Gasteiger partial charge is 0.325 e. The van der Waals surface area contributed by atoms with Gasteiger partial charge in [0.15, 0.2) is 11.5 Å². The Hall–Kier alpha value is -3.99. The highest BCUT2D eigenvalue weighted by molar-refractivity contribution is 7.10. The van der Waals surface area contributed by atoms with Crippen LogP contribution in [0.2, 0.25) is 0 Å². The number of rotatable bonds is 6. The van der Waals surface area contributed by atoms with Gasteiger partial charge in [0.25, 0.3) is 0 Å². The molecule has 0 N–H and O–H groups in total. The Labute approximate surface area is 204 Å². The van der Waals surface area contributed by atoms with Crippen LogP contribution in [0.25, 0.3) is 0 Å². The van der Waals surface area contributed by atoms with Crippen LogP contribution in [0.4, 0.5) is 11.5 Å². The van der Waals surface area contributed by atoms with E-state index >= 15 is 0 Å². The predicted octanol–water partition coefficient (Wildman–Crippen LogP) is 3.03. The van der Waals surface area contributed by atoms with Crippen LogP contribution in [0, 0.1) is 0 Å². The van der Waals surface area contributed by atoms with Crippen molar-refractivity contribution in [3.8, 4) is 23.0 Å². The standard InChI is InChI=1S/C24H22N2O8S/c1-30-18(28)11-25-23-22(35-24(25)29)15(10-17(27)26(23)13-7-5-4-6-8-13)14-9-16-20(34-12-33-16)21(32-3)19(14)31-2/h4-9,15H,10-12H2,1-3H3/t15-/m0/s1. The molecule has 35 heavy (non-hydrogen) atoms. The number of carbonyl (C=O) groups excluding carboxylic acids is 2. The highest BCUT2D eigenvalue weighted by Crippen LogP contribution is 2.54. The average molecular weight is 499 g/mol. The van der Waals surface area contributed by atoms with Gasteiger partial charge in [0, 0.05) is 17.9 Å². The SMILES string of the molecule is COC(=O)Cn1c2c(sc1=O)[C@H](c1cc3c(c(OC)c1OC)OCO3)CC(=O)N2c1ccccc1. The number of ether oxygens (including phenoxy) is 5. The molecule has 1 aromatic heterocycles. The topological polar surface area (TPSA) is 106 Å². The number of fused-ring (bicyclic) bond motifs is 2. The van der Waals surface area contributed by atoms with E-state index < -0.39 is 11.9 Å². The van der Waals surface area contributed by atoms with E-state index in [9.17, 15) is 14.4 Å². The first-order chi connectivity index (χ1) is 17.0. The van der Waals surface area contributed by atoms with Crippen molar-refractivity contribution in [2.75, 3.05) is 33.0 Å². The van der Waals surface area contributed by atoms with Crippen molar-refractivity contribution in [3.05, 3.63) is 56.5 Å². The first-order valence-electron chi connectivity index (χ1n) is 10.7. The molecule has 10 nitrogen and oxygen atoms in total. The minimum atomic E-state index is -0.599. The van der Waals surface area contributed by atoms with E-state index in [0.29, 0.717) is 44.9 Å². The quantitative estimate of drug-likeness (QED) is 0.478. The third kappa shape index (κ3) is 3.68. The lowest BCUT2D eigenvalue weighted by Gasteiger charge is -2.33. The third-order valence-electron chi connectivity index (χ3n) is 5.97. The minimum absolute atomic E-state index is 0.0256. The molecule has 2 aliphatic rings. The van der Waals surface area contributed by atoms with Gasteiger partial charge in [0.05, 0.1) is 31.9 Å². The molecule has 0 unspecified atom stereocenters. The van der Waals surface area contributed by atoms with Crippen molar-refractivity contribution in [1.82, 2.24) is 4.57 Å². The second-order valence-electron chi connectivity index (χ2n) is 7.81. The number of hydrogen-bond acceptors (Lipinski definition) is 9. The monoisotopic (exact) mass is 498 g/mol. The van der Waals surface area contributed by atoms with Gasteiger partial charge in [-0.2, -0.15) is 0 Å². The van der Waals surface area contributed by atoms with E-state index in [4.69, 9.17) is 23.7 Å². The molecule has 0 saturated carbocycles. The summed E-state index contributed by atoms with van der Waals surface area (Å²) in [6.07, 6.45) is 0.0548. The summed E-state index contributed by atoms with van der Waals surface area (Å²) < 4.78 is 28.5. The summed E-state index contributed by atoms with van der Waals surface area (Å²) in [5, 5.41) is 0. The van der Waals surface area contributed by atoms with Crippen LogP contribution in [0.5, 0.6) is 23.0 Å². The number of thiazole rings is 1. The normalized spacial score (nSPS) is 16.1. The van der Waals surface area contributed by atoms with Crippen molar-refractivity contribution in [1.29, 1.82) is 0 Å². The summed E-state index contributed by atoms with van der Waals surface area (Å²) in [6, 6.07) is 10.7. The second-order valence-corrected chi connectivity index (χ2v) is 8.80. The van der Waals surface area contributed by atoms with Gasteiger partial charge in [-0.25, -0.2) is 0 Å². The molecular weight excluding hydrogens is 476 g/mol. The van der Waals surface area contributed by atoms with Crippen LogP contribution in [-0.4, -0.2) is 44.6 Å². The summed E-state index contributed by atoms with van der Waals surface area (Å²) in [5.41, 5.74) is 1.20. The Balaban J connectivity index is 1.75. The number of aromatic nitrogens is 1. The van der Waals surface area contributed by atoms with Gasteiger partial charge in [-0.05, 0) is 18.2 Å². The van der Waals surface area contributed by atoms with Gasteiger partial charge in [-0.3, -0.25) is 23.9 Å². The van der Waals surface area contributed by atoms with Crippen LogP contribution >= 0.6 is 11.3 Å². The summed E-state index contributed by atoms with van der Waals surface area (Å²) in [7, 11) is 4.23. The van der Waals surface area contributed by atoms with Crippen molar-refractivity contribution in [2.24, 2.45) is 0 Å². The average Bonchev–Trinajstić information content (AvgIpc) is 3.47. The highest BCUT2D eigenvalue weighted by Gasteiger charge is 2.41. The van der Waals surface area contributed by atoms with Gasteiger partial charge >= 0.3 is 10.8 Å². The Kier molecular flexibility index (Phi) is 5.85. The molecule has 1 amide bonds. The highest BCUT2D eigenvalue weighted by atomic mass is 32.1. The predicted molar refractivity (Wildman–Crippen MR) is 126 cm³/mol. The lowest BCUT2D eigenvalue weighted by molar-refractivity contribution is -0.141. The first kappa shape index (κ1) is 22.8. The summed E-state index contributed by atoms with van der Waals surface area (Å²) in [6.45, 7) is -0.302. The van der Waals surface area contributed by atoms with E-state index in [1.807, 2.05) is 6.07 Å². The zero-order chi connectivity index (χ0) is 24.7. The Morgan fingerprint density at radius 3 is 2.51 bits per heavy atom. The number of nitrogens with zero attached hydrogens (tertiary/aromatic N) is 2. The van der Waals surface area contributed by atoms with Gasteiger partial charge in [0.2, 0.25) is 24.2 Å². The van der Waals surface area contributed by atoms with Crippen LogP contribution in [0.1, 0.15) is 22.8 Å². The fourth-order valence-electron chi connectivity index (χ4n) is 4.45. The zero-order valence-corrected chi connectivity index (χ0v) is 20.0. The molecule has 0 fully saturated rings. The molecule has 11 heteroatoms. The molecule has 5 rings (SSSR count). The van der Waals surface area contributed by atoms with Crippen molar-refractivity contribution < 1.29 is 33.3 Å². The lowest BCUT2D eigenvalue weighted by Crippen LogP contribution is -2.36. The Bertz CT molecular complexity index is 1360. The van der Waals surface area contributed by atoms with Gasteiger partial charge < -0.3 is 23.7 Å². The summed E-state index contributed by atoms with van der Waals surface area (Å²) in [5.74, 6) is 0.536. The van der Waals surface area contributed by atoms with Gasteiger partial charge in [0.1, 0.15) is 12.4 Å². The van der Waals surface area contributed by atoms with E-state index in [2.05, 4.69) is 0 Å². The largest absolute Gasteiger partial charge is 0.492 e. The zero-order valence-electron chi connectivity index (χ0n) is 19.2. The lowest BCUT2D eigenvalue weighted by atomic mass is 9.89. The molecule has 182 valence electrons. The molecule has 0 bridgehead atoms.